The molecule has 0 saturated heterocycles. The Labute approximate surface area is 127 Å². The first-order valence-corrected chi connectivity index (χ1v) is 7.35. The number of carbonyl (C=O) groups is 1. The number of hydrogen-bond acceptors (Lipinski definition) is 1. The smallest absolute Gasteiger partial charge is 0.230 e. The van der Waals surface area contributed by atoms with Crippen LogP contribution in [-0.4, -0.2) is 5.91 Å². The van der Waals surface area contributed by atoms with Crippen molar-refractivity contribution in [3.8, 4) is 0 Å². The first-order chi connectivity index (χ1) is 9.93. The second kappa shape index (κ2) is 6.13. The summed E-state index contributed by atoms with van der Waals surface area (Å²) >= 11 is 0. The second-order valence-electron chi connectivity index (χ2n) is 6.04. The normalized spacial score (nSPS) is 12.8. The minimum absolute atomic E-state index is 0.00156. The highest BCUT2D eigenvalue weighted by Crippen LogP contribution is 2.25. The predicted molar refractivity (Wildman–Crippen MR) is 87.2 cm³/mol. The molecule has 21 heavy (non-hydrogen) atoms. The van der Waals surface area contributed by atoms with Crippen molar-refractivity contribution < 1.29 is 4.79 Å². The van der Waals surface area contributed by atoms with E-state index < -0.39 is 5.41 Å². The molecule has 1 atom stereocenters. The summed E-state index contributed by atoms with van der Waals surface area (Å²) in [4.78, 5) is 12.6. The van der Waals surface area contributed by atoms with Crippen molar-refractivity contribution in [2.24, 2.45) is 0 Å². The summed E-state index contributed by atoms with van der Waals surface area (Å²) in [6, 6.07) is 18.1. The molecule has 2 rings (SSSR count). The van der Waals surface area contributed by atoms with Crippen LogP contribution in [0, 0.1) is 6.92 Å². The molecule has 0 aliphatic carbocycles. The van der Waals surface area contributed by atoms with Crippen molar-refractivity contribution in [1.82, 2.24) is 5.32 Å². The molecule has 0 radical (unpaired) electrons. The Kier molecular flexibility index (Phi) is 4.46. The van der Waals surface area contributed by atoms with Crippen LogP contribution in [-0.2, 0) is 10.2 Å². The van der Waals surface area contributed by atoms with Gasteiger partial charge in [-0.3, -0.25) is 4.79 Å². The molecule has 0 bridgehead atoms. The number of amides is 1. The standard InChI is InChI=1S/C19H23NO/c1-14-10-8-9-13-17(14)15(2)20-18(21)19(3,4)16-11-6-5-7-12-16/h5-13,15H,1-4H3,(H,20,21). The minimum atomic E-state index is -0.543. The number of rotatable bonds is 4. The van der Waals surface area contributed by atoms with Gasteiger partial charge in [0.2, 0.25) is 5.91 Å². The fourth-order valence-electron chi connectivity index (χ4n) is 2.51. The predicted octanol–water partition coefficient (Wildman–Crippen LogP) is 4.15. The molecule has 110 valence electrons. The van der Waals surface area contributed by atoms with Gasteiger partial charge in [-0.05, 0) is 44.4 Å². The monoisotopic (exact) mass is 281 g/mol. The highest BCUT2D eigenvalue weighted by Gasteiger charge is 2.30. The first-order valence-electron chi connectivity index (χ1n) is 7.35. The van der Waals surface area contributed by atoms with Crippen molar-refractivity contribution in [2.75, 3.05) is 0 Å². The molecular weight excluding hydrogens is 258 g/mol. The van der Waals surface area contributed by atoms with Crippen LogP contribution in [0.1, 0.15) is 43.5 Å². The lowest BCUT2D eigenvalue weighted by atomic mass is 9.83. The average molecular weight is 281 g/mol. The largest absolute Gasteiger partial charge is 0.349 e. The number of aryl methyl sites for hydroxylation is 1. The Hall–Kier alpha value is -2.09. The lowest BCUT2D eigenvalue weighted by molar-refractivity contribution is -0.126. The zero-order valence-corrected chi connectivity index (χ0v) is 13.2. The highest BCUT2D eigenvalue weighted by molar-refractivity contribution is 5.87. The maximum atomic E-state index is 12.6. The van der Waals surface area contributed by atoms with E-state index in [-0.39, 0.29) is 11.9 Å². The Morgan fingerprint density at radius 1 is 1.00 bits per heavy atom. The molecule has 2 aromatic rings. The van der Waals surface area contributed by atoms with E-state index in [1.807, 2.05) is 63.2 Å². The van der Waals surface area contributed by atoms with Gasteiger partial charge in [0.1, 0.15) is 0 Å². The molecule has 2 nitrogen and oxygen atoms in total. The van der Waals surface area contributed by atoms with E-state index in [2.05, 4.69) is 24.4 Å². The quantitative estimate of drug-likeness (QED) is 0.896. The maximum absolute atomic E-state index is 12.6. The molecule has 1 unspecified atom stereocenters. The Morgan fingerprint density at radius 2 is 1.57 bits per heavy atom. The molecule has 0 aliphatic rings. The fourth-order valence-corrected chi connectivity index (χ4v) is 2.51. The van der Waals surface area contributed by atoms with Gasteiger partial charge in [-0.25, -0.2) is 0 Å². The average Bonchev–Trinajstić information content (AvgIpc) is 2.48. The van der Waals surface area contributed by atoms with Crippen LogP contribution in [0.4, 0.5) is 0 Å². The molecule has 1 amide bonds. The van der Waals surface area contributed by atoms with E-state index in [1.54, 1.807) is 0 Å². The number of nitrogens with one attached hydrogen (secondary N) is 1. The van der Waals surface area contributed by atoms with Crippen molar-refractivity contribution in [3.05, 3.63) is 71.3 Å². The van der Waals surface area contributed by atoms with Crippen molar-refractivity contribution in [1.29, 1.82) is 0 Å². The SMILES string of the molecule is Cc1ccccc1C(C)NC(=O)C(C)(C)c1ccccc1. The molecule has 0 aromatic heterocycles. The van der Waals surface area contributed by atoms with E-state index in [0.717, 1.165) is 11.1 Å². The van der Waals surface area contributed by atoms with Crippen LogP contribution in [0.25, 0.3) is 0 Å². The molecule has 0 saturated carbocycles. The van der Waals surface area contributed by atoms with Gasteiger partial charge >= 0.3 is 0 Å². The third-order valence-electron chi connectivity index (χ3n) is 4.07. The van der Waals surface area contributed by atoms with Gasteiger partial charge < -0.3 is 5.32 Å². The second-order valence-corrected chi connectivity index (χ2v) is 6.04. The van der Waals surface area contributed by atoms with Crippen LogP contribution < -0.4 is 5.32 Å². The summed E-state index contributed by atoms with van der Waals surface area (Å²) in [6.07, 6.45) is 0. The highest BCUT2D eigenvalue weighted by atomic mass is 16.2. The zero-order valence-electron chi connectivity index (χ0n) is 13.2. The van der Waals surface area contributed by atoms with Crippen LogP contribution in [0.3, 0.4) is 0 Å². The summed E-state index contributed by atoms with van der Waals surface area (Å²) in [5.74, 6) is 0.0458. The van der Waals surface area contributed by atoms with Crippen LogP contribution in [0.5, 0.6) is 0 Å². The number of carbonyl (C=O) groups excluding carboxylic acids is 1. The summed E-state index contributed by atoms with van der Waals surface area (Å²) in [6.45, 7) is 8.02. The maximum Gasteiger partial charge on any atom is 0.230 e. The molecule has 2 heteroatoms. The number of hydrogen-bond donors (Lipinski definition) is 1. The van der Waals surface area contributed by atoms with E-state index in [4.69, 9.17) is 0 Å². The van der Waals surface area contributed by atoms with Crippen molar-refractivity contribution in [3.63, 3.8) is 0 Å². The molecular formula is C19H23NO. The van der Waals surface area contributed by atoms with E-state index in [1.165, 1.54) is 5.56 Å². The molecule has 0 aliphatic heterocycles. The summed E-state index contributed by atoms with van der Waals surface area (Å²) < 4.78 is 0. The molecule has 2 aromatic carbocycles. The van der Waals surface area contributed by atoms with Gasteiger partial charge in [-0.2, -0.15) is 0 Å². The van der Waals surface area contributed by atoms with Crippen LogP contribution in [0.2, 0.25) is 0 Å². The van der Waals surface area contributed by atoms with Gasteiger partial charge in [0.25, 0.3) is 0 Å². The lowest BCUT2D eigenvalue weighted by Crippen LogP contribution is -2.41. The summed E-state index contributed by atoms with van der Waals surface area (Å²) in [7, 11) is 0. The lowest BCUT2D eigenvalue weighted by Gasteiger charge is -2.27. The van der Waals surface area contributed by atoms with Gasteiger partial charge in [0, 0.05) is 0 Å². The summed E-state index contributed by atoms with van der Waals surface area (Å²) in [5, 5.41) is 3.14. The van der Waals surface area contributed by atoms with Gasteiger partial charge in [0.05, 0.1) is 11.5 Å². The third kappa shape index (κ3) is 3.33. The topological polar surface area (TPSA) is 29.1 Å². The van der Waals surface area contributed by atoms with Gasteiger partial charge in [-0.1, -0.05) is 54.6 Å². The van der Waals surface area contributed by atoms with Gasteiger partial charge in [0.15, 0.2) is 0 Å². The number of benzene rings is 2. The fraction of sp³-hybridized carbons (Fsp3) is 0.316. The third-order valence-corrected chi connectivity index (χ3v) is 4.07. The Balaban J connectivity index is 2.16. The zero-order chi connectivity index (χ0) is 15.5. The van der Waals surface area contributed by atoms with E-state index >= 15 is 0 Å². The molecule has 0 heterocycles. The van der Waals surface area contributed by atoms with Crippen molar-refractivity contribution in [2.45, 2.75) is 39.2 Å². The molecule has 0 fully saturated rings. The van der Waals surface area contributed by atoms with E-state index in [9.17, 15) is 4.79 Å². The summed E-state index contributed by atoms with van der Waals surface area (Å²) in [5.41, 5.74) is 2.84. The van der Waals surface area contributed by atoms with Crippen molar-refractivity contribution >= 4 is 5.91 Å². The van der Waals surface area contributed by atoms with Crippen LogP contribution in [0.15, 0.2) is 54.6 Å². The van der Waals surface area contributed by atoms with Gasteiger partial charge in [-0.15, -0.1) is 0 Å². The first kappa shape index (κ1) is 15.3. The van der Waals surface area contributed by atoms with E-state index in [0.29, 0.717) is 0 Å². The Bertz CT molecular complexity index is 616. The molecule has 1 N–H and O–H groups in total. The minimum Gasteiger partial charge on any atom is -0.349 e. The molecule has 0 spiro atoms. The van der Waals surface area contributed by atoms with Crippen LogP contribution >= 0.6 is 0 Å². The Morgan fingerprint density at radius 3 is 2.19 bits per heavy atom.